The first-order valence-corrected chi connectivity index (χ1v) is 9.50. The van der Waals surface area contributed by atoms with Crippen molar-refractivity contribution in [2.45, 2.75) is 46.3 Å². The predicted octanol–water partition coefficient (Wildman–Crippen LogP) is 2.82. The van der Waals surface area contributed by atoms with Crippen LogP contribution in [0.3, 0.4) is 0 Å². The smallest absolute Gasteiger partial charge is 0.271 e. The molecule has 3 rings (SSSR count). The number of nitrogens with one attached hydrogen (secondary N) is 1. The number of fused-ring (bicyclic) bond motifs is 1. The molecule has 2 aromatic heterocycles. The number of rotatable bonds is 5. The maximum absolute atomic E-state index is 12.4. The zero-order valence-corrected chi connectivity index (χ0v) is 15.7. The molecule has 1 N–H and O–H groups in total. The molecule has 6 nitrogen and oxygen atoms in total. The van der Waals surface area contributed by atoms with Gasteiger partial charge in [-0.1, -0.05) is 19.9 Å². The lowest BCUT2D eigenvalue weighted by molar-refractivity contribution is -0.135. The summed E-state index contributed by atoms with van der Waals surface area (Å²) in [5, 5.41) is 4.89. The third kappa shape index (κ3) is 3.92. The molecule has 0 bridgehead atoms. The van der Waals surface area contributed by atoms with Crippen LogP contribution in [0.4, 0.5) is 0 Å². The number of imidazole rings is 1. The fourth-order valence-electron chi connectivity index (χ4n) is 3.08. The first kappa shape index (κ1) is 17.7. The lowest BCUT2D eigenvalue weighted by Crippen LogP contribution is -2.41. The van der Waals surface area contributed by atoms with E-state index in [2.05, 4.69) is 10.3 Å². The van der Waals surface area contributed by atoms with E-state index in [-0.39, 0.29) is 17.9 Å². The number of hydrogen-bond donors (Lipinski definition) is 1. The molecule has 25 heavy (non-hydrogen) atoms. The second-order valence-electron chi connectivity index (χ2n) is 6.80. The average Bonchev–Trinajstić information content (AvgIpc) is 3.21. The molecule has 1 unspecified atom stereocenters. The van der Waals surface area contributed by atoms with Crippen molar-refractivity contribution in [3.8, 4) is 0 Å². The number of carbonyl (C=O) groups is 2. The minimum atomic E-state index is -0.178. The van der Waals surface area contributed by atoms with Crippen LogP contribution in [0.15, 0.2) is 23.7 Å². The maximum atomic E-state index is 12.4. The van der Waals surface area contributed by atoms with Crippen molar-refractivity contribution < 1.29 is 9.59 Å². The van der Waals surface area contributed by atoms with Crippen molar-refractivity contribution in [1.82, 2.24) is 19.8 Å². The summed E-state index contributed by atoms with van der Waals surface area (Å²) in [6.07, 6.45) is 2.33. The number of nitrogens with zero attached hydrogens (tertiary/aromatic N) is 3. The van der Waals surface area contributed by atoms with E-state index >= 15 is 0 Å². The van der Waals surface area contributed by atoms with E-state index in [0.717, 1.165) is 10.7 Å². The van der Waals surface area contributed by atoms with Crippen LogP contribution in [0.2, 0.25) is 0 Å². The molecular weight excluding hydrogens is 336 g/mol. The largest absolute Gasteiger partial charge is 0.346 e. The summed E-state index contributed by atoms with van der Waals surface area (Å²) in [4.78, 5) is 32.3. The molecule has 1 atom stereocenters. The molecule has 1 aliphatic rings. The molecular formula is C18H24N4O2S. The molecule has 0 aromatic carbocycles. The van der Waals surface area contributed by atoms with E-state index in [1.807, 2.05) is 47.8 Å². The Morgan fingerprint density at radius 1 is 1.40 bits per heavy atom. The summed E-state index contributed by atoms with van der Waals surface area (Å²) in [5.74, 6) is 1.09. The number of aromatic nitrogens is 2. The third-order valence-corrected chi connectivity index (χ3v) is 5.25. The molecule has 134 valence electrons. The van der Waals surface area contributed by atoms with Gasteiger partial charge in [-0.3, -0.25) is 9.59 Å². The van der Waals surface area contributed by atoms with Crippen molar-refractivity contribution in [3.63, 3.8) is 0 Å². The van der Waals surface area contributed by atoms with Crippen LogP contribution in [-0.2, 0) is 17.9 Å². The summed E-state index contributed by atoms with van der Waals surface area (Å²) in [5.41, 5.74) is 0.413. The molecule has 7 heteroatoms. The van der Waals surface area contributed by atoms with Crippen molar-refractivity contribution >= 4 is 23.2 Å². The lowest BCUT2D eigenvalue weighted by atomic mass is 10.1. The summed E-state index contributed by atoms with van der Waals surface area (Å²) in [6.45, 7) is 7.91. The standard InChI is InChI=1S/C18H24N4O2S/c1-12(2)9-16(23)22-7-6-21-11-15(20-17(21)13(22)3)18(24)19-10-14-5-4-8-25-14/h4-5,8,11-13H,6-7,9-10H2,1-3H3,(H,19,24). The topological polar surface area (TPSA) is 67.2 Å². The molecule has 3 heterocycles. The molecule has 0 aliphatic carbocycles. The van der Waals surface area contributed by atoms with Crippen LogP contribution >= 0.6 is 11.3 Å². The van der Waals surface area contributed by atoms with Crippen LogP contribution in [0.5, 0.6) is 0 Å². The first-order valence-electron chi connectivity index (χ1n) is 8.63. The Morgan fingerprint density at radius 3 is 2.88 bits per heavy atom. The second kappa shape index (κ2) is 7.39. The van der Waals surface area contributed by atoms with Gasteiger partial charge in [-0.15, -0.1) is 11.3 Å². The Bertz CT molecular complexity index is 751. The Kier molecular flexibility index (Phi) is 5.22. The normalized spacial score (nSPS) is 16.8. The zero-order chi connectivity index (χ0) is 18.0. The van der Waals surface area contributed by atoms with Gasteiger partial charge in [0.1, 0.15) is 11.5 Å². The summed E-state index contributed by atoms with van der Waals surface area (Å²) in [6, 6.07) is 3.84. The van der Waals surface area contributed by atoms with E-state index in [1.165, 1.54) is 0 Å². The maximum Gasteiger partial charge on any atom is 0.271 e. The molecule has 0 radical (unpaired) electrons. The van der Waals surface area contributed by atoms with Gasteiger partial charge in [0, 0.05) is 30.6 Å². The fraction of sp³-hybridized carbons (Fsp3) is 0.500. The van der Waals surface area contributed by atoms with Crippen molar-refractivity contribution in [2.24, 2.45) is 5.92 Å². The Labute approximate surface area is 151 Å². The highest BCUT2D eigenvalue weighted by Gasteiger charge is 2.30. The monoisotopic (exact) mass is 360 g/mol. The molecule has 2 aromatic rings. The van der Waals surface area contributed by atoms with E-state index in [4.69, 9.17) is 0 Å². The van der Waals surface area contributed by atoms with Crippen molar-refractivity contribution in [3.05, 3.63) is 40.1 Å². The van der Waals surface area contributed by atoms with Gasteiger partial charge in [0.25, 0.3) is 5.91 Å². The molecule has 0 saturated heterocycles. The SMILES string of the molecule is CC(C)CC(=O)N1CCn2cc(C(=O)NCc3cccs3)nc2C1C. The third-order valence-electron chi connectivity index (χ3n) is 4.37. The molecule has 0 saturated carbocycles. The summed E-state index contributed by atoms with van der Waals surface area (Å²) in [7, 11) is 0. The Morgan fingerprint density at radius 2 is 2.20 bits per heavy atom. The van der Waals surface area contributed by atoms with Gasteiger partial charge in [0.2, 0.25) is 5.91 Å². The fourth-order valence-corrected chi connectivity index (χ4v) is 3.72. The highest BCUT2D eigenvalue weighted by Crippen LogP contribution is 2.26. The Hall–Kier alpha value is -2.15. The van der Waals surface area contributed by atoms with Gasteiger partial charge in [0.15, 0.2) is 0 Å². The number of amides is 2. The van der Waals surface area contributed by atoms with Gasteiger partial charge in [0.05, 0.1) is 12.6 Å². The van der Waals surface area contributed by atoms with Gasteiger partial charge < -0.3 is 14.8 Å². The molecule has 2 amide bonds. The van der Waals surface area contributed by atoms with Gasteiger partial charge >= 0.3 is 0 Å². The zero-order valence-electron chi connectivity index (χ0n) is 14.9. The molecule has 0 spiro atoms. The summed E-state index contributed by atoms with van der Waals surface area (Å²) < 4.78 is 1.99. The van der Waals surface area contributed by atoms with Crippen LogP contribution in [0.1, 0.15) is 54.4 Å². The van der Waals surface area contributed by atoms with E-state index < -0.39 is 0 Å². The molecule has 1 aliphatic heterocycles. The minimum absolute atomic E-state index is 0.112. The quantitative estimate of drug-likeness (QED) is 0.891. The van der Waals surface area contributed by atoms with Gasteiger partial charge in [-0.2, -0.15) is 0 Å². The summed E-state index contributed by atoms with van der Waals surface area (Å²) >= 11 is 1.61. The average molecular weight is 360 g/mol. The van der Waals surface area contributed by atoms with E-state index in [1.54, 1.807) is 17.5 Å². The van der Waals surface area contributed by atoms with Crippen LogP contribution in [0.25, 0.3) is 0 Å². The lowest BCUT2D eigenvalue weighted by Gasteiger charge is -2.34. The Balaban J connectivity index is 1.69. The highest BCUT2D eigenvalue weighted by atomic mass is 32.1. The van der Waals surface area contributed by atoms with Crippen molar-refractivity contribution in [1.29, 1.82) is 0 Å². The van der Waals surface area contributed by atoms with Gasteiger partial charge in [-0.05, 0) is 24.3 Å². The van der Waals surface area contributed by atoms with Crippen LogP contribution < -0.4 is 5.32 Å². The molecule has 0 fully saturated rings. The van der Waals surface area contributed by atoms with Crippen molar-refractivity contribution in [2.75, 3.05) is 6.54 Å². The van der Waals surface area contributed by atoms with Gasteiger partial charge in [-0.25, -0.2) is 4.98 Å². The number of thiophene rings is 1. The van der Waals surface area contributed by atoms with E-state index in [0.29, 0.717) is 37.7 Å². The van der Waals surface area contributed by atoms with Crippen LogP contribution in [-0.4, -0.2) is 32.8 Å². The minimum Gasteiger partial charge on any atom is -0.346 e. The number of hydrogen-bond acceptors (Lipinski definition) is 4. The number of carbonyl (C=O) groups excluding carboxylic acids is 2. The predicted molar refractivity (Wildman–Crippen MR) is 97.3 cm³/mol. The van der Waals surface area contributed by atoms with Crippen LogP contribution in [0, 0.1) is 5.92 Å². The first-order chi connectivity index (χ1) is 12.0. The highest BCUT2D eigenvalue weighted by molar-refractivity contribution is 7.09. The van der Waals surface area contributed by atoms with E-state index in [9.17, 15) is 9.59 Å². The second-order valence-corrected chi connectivity index (χ2v) is 7.83.